The lowest BCUT2D eigenvalue weighted by molar-refractivity contribution is -0.115. The Morgan fingerprint density at radius 3 is 2.74 bits per heavy atom. The van der Waals surface area contributed by atoms with Crippen LogP contribution in [0.15, 0.2) is 59.0 Å². The number of phenolic OH excluding ortho intramolecular Hbond substituents is 1. The Balaban J connectivity index is 1.89. The normalized spacial score (nSPS) is 16.6. The highest BCUT2D eigenvalue weighted by molar-refractivity contribution is 8.18. The van der Waals surface area contributed by atoms with Crippen molar-refractivity contribution in [2.45, 2.75) is 6.42 Å². The molecule has 27 heavy (non-hydrogen) atoms. The van der Waals surface area contributed by atoms with E-state index in [0.29, 0.717) is 39.1 Å². The topological polar surface area (TPSA) is 70.9 Å². The van der Waals surface area contributed by atoms with E-state index in [1.54, 1.807) is 24.3 Å². The van der Waals surface area contributed by atoms with Gasteiger partial charge in [0.1, 0.15) is 5.82 Å². The zero-order valence-electron chi connectivity index (χ0n) is 14.5. The molecule has 5 nitrogen and oxygen atoms in total. The fourth-order valence-electron chi connectivity index (χ4n) is 2.50. The van der Waals surface area contributed by atoms with E-state index >= 15 is 0 Å². The quantitative estimate of drug-likeness (QED) is 0.600. The zero-order chi connectivity index (χ0) is 19.4. The summed E-state index contributed by atoms with van der Waals surface area (Å²) in [4.78, 5) is 17.0. The van der Waals surface area contributed by atoms with Gasteiger partial charge in [-0.3, -0.25) is 4.79 Å². The lowest BCUT2D eigenvalue weighted by Gasteiger charge is -2.09. The number of rotatable bonds is 5. The summed E-state index contributed by atoms with van der Waals surface area (Å²) >= 11 is 1.18. The number of phenols is 1. The molecule has 3 rings (SSSR count). The van der Waals surface area contributed by atoms with Crippen LogP contribution in [0.25, 0.3) is 6.08 Å². The highest BCUT2D eigenvalue weighted by atomic mass is 32.2. The molecule has 0 aliphatic carbocycles. The minimum Gasteiger partial charge on any atom is -0.504 e. The Kier molecular flexibility index (Phi) is 5.61. The van der Waals surface area contributed by atoms with E-state index in [4.69, 9.17) is 4.74 Å². The molecular formula is C20H17FN2O3S. The molecule has 2 aromatic rings. The number of hydrogen-bond acceptors (Lipinski definition) is 5. The molecule has 1 amide bonds. The van der Waals surface area contributed by atoms with E-state index in [1.165, 1.54) is 43.1 Å². The summed E-state index contributed by atoms with van der Waals surface area (Å²) in [6.07, 6.45) is 3.84. The molecule has 7 heteroatoms. The smallest absolute Gasteiger partial charge is 0.264 e. The van der Waals surface area contributed by atoms with Gasteiger partial charge in [-0.25, -0.2) is 9.38 Å². The Morgan fingerprint density at radius 1 is 1.33 bits per heavy atom. The number of methoxy groups -OCH3 is 1. The molecule has 0 saturated carbocycles. The van der Waals surface area contributed by atoms with E-state index in [9.17, 15) is 14.3 Å². The van der Waals surface area contributed by atoms with Crippen molar-refractivity contribution < 1.29 is 19.0 Å². The second kappa shape index (κ2) is 8.09. The average Bonchev–Trinajstić information content (AvgIpc) is 2.98. The summed E-state index contributed by atoms with van der Waals surface area (Å²) in [5.41, 5.74) is 1.90. The molecule has 0 aromatic heterocycles. The first-order valence-corrected chi connectivity index (χ1v) is 8.87. The van der Waals surface area contributed by atoms with Gasteiger partial charge in [0.25, 0.3) is 5.91 Å². The summed E-state index contributed by atoms with van der Waals surface area (Å²) < 4.78 is 18.2. The van der Waals surface area contributed by atoms with E-state index in [1.807, 2.05) is 0 Å². The highest BCUT2D eigenvalue weighted by Gasteiger charge is 2.24. The number of thioether (sulfide) groups is 1. The van der Waals surface area contributed by atoms with Gasteiger partial charge in [0.15, 0.2) is 16.7 Å². The molecule has 0 bridgehead atoms. The van der Waals surface area contributed by atoms with Crippen LogP contribution in [0.3, 0.4) is 0 Å². The van der Waals surface area contributed by atoms with Crippen molar-refractivity contribution in [1.29, 1.82) is 0 Å². The van der Waals surface area contributed by atoms with Crippen LogP contribution in [-0.2, 0) is 11.2 Å². The number of nitrogens with zero attached hydrogens (tertiary/aromatic N) is 1. The van der Waals surface area contributed by atoms with Gasteiger partial charge >= 0.3 is 0 Å². The van der Waals surface area contributed by atoms with Crippen molar-refractivity contribution in [3.05, 3.63) is 70.9 Å². The molecular weight excluding hydrogens is 367 g/mol. The van der Waals surface area contributed by atoms with Crippen LogP contribution in [0, 0.1) is 5.82 Å². The third kappa shape index (κ3) is 4.38. The molecule has 1 fully saturated rings. The van der Waals surface area contributed by atoms with Crippen LogP contribution < -0.4 is 10.1 Å². The number of nitrogens with one attached hydrogen (secondary N) is 1. The first-order chi connectivity index (χ1) is 13.0. The van der Waals surface area contributed by atoms with Crippen molar-refractivity contribution in [3.8, 4) is 11.5 Å². The van der Waals surface area contributed by atoms with Crippen LogP contribution in [-0.4, -0.2) is 23.3 Å². The van der Waals surface area contributed by atoms with Gasteiger partial charge in [0.05, 0.1) is 17.7 Å². The molecule has 1 saturated heterocycles. The van der Waals surface area contributed by atoms with Crippen molar-refractivity contribution in [1.82, 2.24) is 5.32 Å². The van der Waals surface area contributed by atoms with Gasteiger partial charge in [-0.05, 0) is 66.2 Å². The minimum atomic E-state index is -0.348. The molecule has 2 aromatic carbocycles. The standard InChI is InChI=1S/C20H17FN2O3S/c1-3-4-13-9-12(10-16(26-2)18(13)24)11-17-19(25)23-20(27-17)22-15-7-5-14(21)6-8-15/h3,5-11,24H,1,4H2,2H3,(H,22,23,25)/b17-11+. The number of carbonyl (C=O) groups excluding carboxylic acids is 1. The second-order valence-electron chi connectivity index (χ2n) is 5.68. The Hall–Kier alpha value is -3.06. The Morgan fingerprint density at radius 2 is 2.07 bits per heavy atom. The number of allylic oxidation sites excluding steroid dienone is 1. The number of amides is 1. The van der Waals surface area contributed by atoms with Gasteiger partial charge < -0.3 is 15.2 Å². The Bertz CT molecular complexity index is 952. The third-order valence-corrected chi connectivity index (χ3v) is 4.68. The number of halogens is 1. The number of benzene rings is 2. The third-order valence-electron chi connectivity index (χ3n) is 3.77. The van der Waals surface area contributed by atoms with Crippen LogP contribution in [0.5, 0.6) is 11.5 Å². The first kappa shape index (κ1) is 18.7. The summed E-state index contributed by atoms with van der Waals surface area (Å²) in [6.45, 7) is 3.68. The van der Waals surface area contributed by atoms with Gasteiger partial charge in [0.2, 0.25) is 0 Å². The van der Waals surface area contributed by atoms with Crippen LogP contribution >= 0.6 is 11.8 Å². The molecule has 0 spiro atoms. The van der Waals surface area contributed by atoms with E-state index in [-0.39, 0.29) is 17.5 Å². The molecule has 1 aliphatic heterocycles. The lowest BCUT2D eigenvalue weighted by Crippen LogP contribution is -2.19. The minimum absolute atomic E-state index is 0.0571. The SMILES string of the molecule is C=CCc1cc(/C=C2/SC(=Nc3ccc(F)cc3)NC2=O)cc(OC)c1O. The van der Waals surface area contributed by atoms with E-state index < -0.39 is 0 Å². The maximum atomic E-state index is 13.0. The lowest BCUT2D eigenvalue weighted by atomic mass is 10.1. The predicted molar refractivity (Wildman–Crippen MR) is 106 cm³/mol. The van der Waals surface area contributed by atoms with Gasteiger partial charge in [-0.15, -0.1) is 6.58 Å². The number of amidine groups is 1. The first-order valence-electron chi connectivity index (χ1n) is 8.06. The van der Waals surface area contributed by atoms with Gasteiger partial charge in [-0.1, -0.05) is 6.08 Å². The number of aromatic hydroxyl groups is 1. The van der Waals surface area contributed by atoms with Crippen LogP contribution in [0.2, 0.25) is 0 Å². The summed E-state index contributed by atoms with van der Waals surface area (Å²) in [7, 11) is 1.47. The molecule has 0 atom stereocenters. The van der Waals surface area contributed by atoms with Crippen molar-refractivity contribution in [3.63, 3.8) is 0 Å². The van der Waals surface area contributed by atoms with Crippen molar-refractivity contribution in [2.75, 3.05) is 7.11 Å². The highest BCUT2D eigenvalue weighted by Crippen LogP contribution is 2.34. The number of hydrogen-bond donors (Lipinski definition) is 2. The number of aliphatic imine (C=N–C) groups is 1. The molecule has 1 aliphatic rings. The number of carbonyl (C=O) groups is 1. The van der Waals surface area contributed by atoms with Crippen molar-refractivity contribution in [2.24, 2.45) is 4.99 Å². The molecule has 2 N–H and O–H groups in total. The van der Waals surface area contributed by atoms with Crippen LogP contribution in [0.4, 0.5) is 10.1 Å². The molecule has 0 unspecified atom stereocenters. The van der Waals surface area contributed by atoms with Gasteiger partial charge in [0, 0.05) is 5.56 Å². The summed E-state index contributed by atoms with van der Waals surface area (Å²) in [6, 6.07) is 9.10. The van der Waals surface area contributed by atoms with Gasteiger partial charge in [-0.2, -0.15) is 0 Å². The maximum Gasteiger partial charge on any atom is 0.264 e. The largest absolute Gasteiger partial charge is 0.504 e. The summed E-state index contributed by atoms with van der Waals surface area (Å²) in [5.74, 6) is -0.246. The average molecular weight is 384 g/mol. The fraction of sp³-hybridized carbons (Fsp3) is 0.100. The van der Waals surface area contributed by atoms with Crippen LogP contribution in [0.1, 0.15) is 11.1 Å². The molecule has 0 radical (unpaired) electrons. The van der Waals surface area contributed by atoms with Crippen molar-refractivity contribution >= 4 is 34.6 Å². The molecule has 1 heterocycles. The second-order valence-corrected chi connectivity index (χ2v) is 6.71. The maximum absolute atomic E-state index is 13.0. The Labute approximate surface area is 160 Å². The predicted octanol–water partition coefficient (Wildman–Crippen LogP) is 4.16. The fourth-order valence-corrected chi connectivity index (χ4v) is 3.35. The molecule has 138 valence electrons. The zero-order valence-corrected chi connectivity index (χ0v) is 15.3. The van der Waals surface area contributed by atoms with E-state index in [2.05, 4.69) is 16.9 Å². The monoisotopic (exact) mass is 384 g/mol. The number of ether oxygens (including phenoxy) is 1. The van der Waals surface area contributed by atoms with E-state index in [0.717, 1.165) is 0 Å². The summed E-state index contributed by atoms with van der Waals surface area (Å²) in [5, 5.41) is 13.3.